The van der Waals surface area contributed by atoms with Gasteiger partial charge in [-0.2, -0.15) is 4.31 Å². The molecule has 2 amide bonds. The quantitative estimate of drug-likeness (QED) is 0.456. The molecule has 5 rings (SSSR count). The number of nitrogens with zero attached hydrogens (tertiary/aromatic N) is 4. The first-order valence-electron chi connectivity index (χ1n) is 13.8. The van der Waals surface area contributed by atoms with E-state index in [4.69, 9.17) is 0 Å². The van der Waals surface area contributed by atoms with Crippen LogP contribution in [0.5, 0.6) is 0 Å². The largest absolute Gasteiger partial charge is 0.369 e. The molecule has 0 bridgehead atoms. The second kappa shape index (κ2) is 12.0. The van der Waals surface area contributed by atoms with Gasteiger partial charge in [0.1, 0.15) is 6.04 Å². The van der Waals surface area contributed by atoms with E-state index < -0.39 is 22.1 Å². The number of nitrogens with one attached hydrogen (secondary N) is 2. The molecule has 3 saturated heterocycles. The maximum atomic E-state index is 13.2. The number of piperazine rings is 1. The van der Waals surface area contributed by atoms with Crippen LogP contribution in [0.25, 0.3) is 0 Å². The molecular formula is C28H36N6O5S. The third kappa shape index (κ3) is 5.89. The number of carbonyl (C=O) groups excluding carboxylic acids is 3. The Morgan fingerprint density at radius 1 is 1.07 bits per heavy atom. The van der Waals surface area contributed by atoms with E-state index in [0.717, 1.165) is 31.9 Å². The molecule has 0 radical (unpaired) electrons. The number of hydrogen-bond acceptors (Lipinski definition) is 8. The van der Waals surface area contributed by atoms with Gasteiger partial charge in [-0.15, -0.1) is 0 Å². The molecule has 0 spiro atoms. The average molecular weight is 569 g/mol. The van der Waals surface area contributed by atoms with Crippen LogP contribution >= 0.6 is 0 Å². The lowest BCUT2D eigenvalue weighted by Crippen LogP contribution is -2.44. The smallest absolute Gasteiger partial charge is 0.251 e. The molecule has 3 aliphatic heterocycles. The van der Waals surface area contributed by atoms with E-state index in [2.05, 4.69) is 20.5 Å². The number of ketones is 1. The van der Waals surface area contributed by atoms with Crippen molar-refractivity contribution in [2.75, 3.05) is 50.7 Å². The number of rotatable bonds is 9. The molecule has 214 valence electrons. The van der Waals surface area contributed by atoms with E-state index in [1.54, 1.807) is 4.90 Å². The Labute approximate surface area is 235 Å². The summed E-state index contributed by atoms with van der Waals surface area (Å²) in [6.07, 6.45) is 4.06. The first-order valence-corrected chi connectivity index (χ1v) is 15.3. The van der Waals surface area contributed by atoms with Crippen molar-refractivity contribution in [1.29, 1.82) is 0 Å². The summed E-state index contributed by atoms with van der Waals surface area (Å²) in [6, 6.07) is 9.13. The molecule has 2 aromatic rings. The number of hydrogen-bond donors (Lipinski definition) is 2. The lowest BCUT2D eigenvalue weighted by molar-refractivity contribution is -0.137. The molecule has 0 saturated carbocycles. The molecule has 4 heterocycles. The van der Waals surface area contributed by atoms with Gasteiger partial charge < -0.3 is 20.4 Å². The zero-order chi connectivity index (χ0) is 28.3. The fraction of sp³-hybridized carbons (Fsp3) is 0.500. The van der Waals surface area contributed by atoms with Gasteiger partial charge in [0, 0.05) is 69.3 Å². The van der Waals surface area contributed by atoms with Gasteiger partial charge in [0.05, 0.1) is 17.5 Å². The number of carbonyl (C=O) groups is 3. The van der Waals surface area contributed by atoms with Gasteiger partial charge in [-0.25, -0.2) is 8.42 Å². The van der Waals surface area contributed by atoms with E-state index in [1.807, 2.05) is 31.2 Å². The summed E-state index contributed by atoms with van der Waals surface area (Å²) in [5.41, 5.74) is 1.70. The van der Waals surface area contributed by atoms with Crippen LogP contribution in [0.15, 0.2) is 53.7 Å². The number of fused-ring (bicyclic) bond motifs is 1. The zero-order valence-corrected chi connectivity index (χ0v) is 23.5. The number of anilines is 1. The van der Waals surface area contributed by atoms with E-state index in [1.165, 1.54) is 28.8 Å². The highest BCUT2D eigenvalue weighted by Crippen LogP contribution is 2.34. The summed E-state index contributed by atoms with van der Waals surface area (Å²) in [5, 5.41) is 6.26. The number of Topliss-reactive ketones (excluding diaryl/α,β-unsaturated/α-hetero) is 1. The molecule has 1 aromatic heterocycles. The Morgan fingerprint density at radius 2 is 1.77 bits per heavy atom. The third-order valence-electron chi connectivity index (χ3n) is 8.01. The van der Waals surface area contributed by atoms with Gasteiger partial charge in [-0.05, 0) is 55.2 Å². The minimum Gasteiger partial charge on any atom is -0.369 e. The summed E-state index contributed by atoms with van der Waals surface area (Å²) in [5.74, 6) is -0.586. The maximum absolute atomic E-state index is 13.2. The third-order valence-corrected chi connectivity index (χ3v) is 9.90. The van der Waals surface area contributed by atoms with E-state index in [9.17, 15) is 22.8 Å². The van der Waals surface area contributed by atoms with E-state index >= 15 is 0 Å². The standard InChI is InChI=1S/C28H36N6O5S/c1-20(6-12-31-28(37)21-2-4-22(5-3-21)32-16-13-30-14-17-32)18-26(36)33-15-9-24-27(33)25(35)19-34(24)40(38,39)23-7-10-29-11-8-23/h2-5,7-8,10-11,20,24,27,30H,6,9,12-19H2,1H3,(H,31,37). The van der Waals surface area contributed by atoms with Gasteiger partial charge in [-0.1, -0.05) is 6.92 Å². The van der Waals surface area contributed by atoms with Gasteiger partial charge >= 0.3 is 0 Å². The minimum absolute atomic E-state index is 0.0184. The Balaban J connectivity index is 1.10. The molecule has 0 aliphatic carbocycles. The predicted molar refractivity (Wildman–Crippen MR) is 149 cm³/mol. The topological polar surface area (TPSA) is 132 Å². The van der Waals surface area contributed by atoms with Crippen LogP contribution in [0.4, 0.5) is 5.69 Å². The number of pyridine rings is 1. The van der Waals surface area contributed by atoms with Crippen LogP contribution in [0, 0.1) is 5.92 Å². The Kier molecular flexibility index (Phi) is 8.48. The number of sulfonamides is 1. The van der Waals surface area contributed by atoms with Crippen LogP contribution in [-0.4, -0.2) is 98.1 Å². The monoisotopic (exact) mass is 568 g/mol. The summed E-state index contributed by atoms with van der Waals surface area (Å²) >= 11 is 0. The Hall–Kier alpha value is -3.35. The summed E-state index contributed by atoms with van der Waals surface area (Å²) in [4.78, 5) is 46.4. The molecule has 12 heteroatoms. The fourth-order valence-corrected chi connectivity index (χ4v) is 7.43. The highest BCUT2D eigenvalue weighted by Gasteiger charge is 2.53. The number of aromatic nitrogens is 1. The lowest BCUT2D eigenvalue weighted by Gasteiger charge is -2.29. The lowest BCUT2D eigenvalue weighted by atomic mass is 10.0. The SMILES string of the molecule is CC(CCNC(=O)c1ccc(N2CCNCC2)cc1)CC(=O)N1CCC2C1C(=O)CN2S(=O)(=O)c1ccncc1. The molecule has 40 heavy (non-hydrogen) atoms. The van der Waals surface area contributed by atoms with Crippen molar-refractivity contribution in [3.63, 3.8) is 0 Å². The molecular weight excluding hydrogens is 532 g/mol. The van der Waals surface area contributed by atoms with Gasteiger partial charge in [-0.3, -0.25) is 19.4 Å². The van der Waals surface area contributed by atoms with Crippen LogP contribution in [0.1, 0.15) is 36.5 Å². The molecule has 3 aliphatic rings. The van der Waals surface area contributed by atoms with Crippen molar-refractivity contribution in [3.8, 4) is 0 Å². The van der Waals surface area contributed by atoms with Crippen LogP contribution in [-0.2, 0) is 19.6 Å². The molecule has 3 unspecified atom stereocenters. The molecule has 1 aromatic carbocycles. The van der Waals surface area contributed by atoms with E-state index in [-0.39, 0.29) is 41.4 Å². The molecule has 2 N–H and O–H groups in total. The van der Waals surface area contributed by atoms with Crippen molar-refractivity contribution in [2.45, 2.75) is 43.2 Å². The van der Waals surface area contributed by atoms with Crippen LogP contribution in [0.2, 0.25) is 0 Å². The van der Waals surface area contributed by atoms with Crippen molar-refractivity contribution in [3.05, 3.63) is 54.4 Å². The van der Waals surface area contributed by atoms with Crippen molar-refractivity contribution in [1.82, 2.24) is 24.8 Å². The maximum Gasteiger partial charge on any atom is 0.251 e. The number of likely N-dealkylation sites (tertiary alicyclic amines) is 1. The molecule has 3 fully saturated rings. The van der Waals surface area contributed by atoms with Gasteiger partial charge in [0.25, 0.3) is 5.91 Å². The Bertz CT molecular complexity index is 1330. The van der Waals surface area contributed by atoms with E-state index in [0.29, 0.717) is 31.5 Å². The highest BCUT2D eigenvalue weighted by atomic mass is 32.2. The zero-order valence-electron chi connectivity index (χ0n) is 22.7. The second-order valence-corrected chi connectivity index (χ2v) is 12.6. The van der Waals surface area contributed by atoms with Crippen molar-refractivity contribution < 1.29 is 22.8 Å². The number of amides is 2. The Morgan fingerprint density at radius 3 is 2.48 bits per heavy atom. The van der Waals surface area contributed by atoms with Gasteiger partial charge in [0.2, 0.25) is 15.9 Å². The van der Waals surface area contributed by atoms with Gasteiger partial charge in [0.15, 0.2) is 5.78 Å². The summed E-state index contributed by atoms with van der Waals surface area (Å²) in [6.45, 7) is 6.26. The van der Waals surface area contributed by atoms with Crippen molar-refractivity contribution in [2.24, 2.45) is 5.92 Å². The number of benzene rings is 1. The van der Waals surface area contributed by atoms with Crippen molar-refractivity contribution >= 4 is 33.3 Å². The first-order chi connectivity index (χ1) is 19.3. The predicted octanol–water partition coefficient (Wildman–Crippen LogP) is 0.880. The highest BCUT2D eigenvalue weighted by molar-refractivity contribution is 7.89. The molecule has 11 nitrogen and oxygen atoms in total. The average Bonchev–Trinajstić information content (AvgIpc) is 3.55. The summed E-state index contributed by atoms with van der Waals surface area (Å²) in [7, 11) is -3.86. The normalized spacial score (nSPS) is 22.3. The first kappa shape index (κ1) is 28.2. The fourth-order valence-electron chi connectivity index (χ4n) is 5.82. The van der Waals surface area contributed by atoms with Crippen LogP contribution < -0.4 is 15.5 Å². The second-order valence-electron chi connectivity index (χ2n) is 10.7. The summed E-state index contributed by atoms with van der Waals surface area (Å²) < 4.78 is 27.5. The minimum atomic E-state index is -3.86. The molecule has 3 atom stereocenters. The van der Waals surface area contributed by atoms with Crippen LogP contribution in [0.3, 0.4) is 0 Å².